The normalized spacial score (nSPS) is 22.9. The van der Waals surface area contributed by atoms with Crippen molar-refractivity contribution in [2.24, 2.45) is 0 Å². The van der Waals surface area contributed by atoms with Crippen molar-refractivity contribution in [1.29, 1.82) is 0 Å². The van der Waals surface area contributed by atoms with Crippen molar-refractivity contribution in [1.82, 2.24) is 19.8 Å². The second kappa shape index (κ2) is 12.0. The lowest BCUT2D eigenvalue weighted by Crippen LogP contribution is -2.56. The predicted molar refractivity (Wildman–Crippen MR) is 172 cm³/mol. The van der Waals surface area contributed by atoms with Crippen molar-refractivity contribution < 1.29 is 27.8 Å². The number of hydrogen-bond acceptors (Lipinski definition) is 7. The number of ether oxygens (including phenoxy) is 1. The van der Waals surface area contributed by atoms with Crippen molar-refractivity contribution in [3.63, 3.8) is 0 Å². The van der Waals surface area contributed by atoms with Crippen LogP contribution >= 0.6 is 0 Å². The Morgan fingerprint density at radius 2 is 2.00 bits per heavy atom. The maximum Gasteiger partial charge on any atom is 0.319 e. The molecule has 0 spiro atoms. The number of halogens is 3. The fourth-order valence-corrected chi connectivity index (χ4v) is 7.58. The molecule has 7 rings (SSSR count). The molecule has 9 nitrogen and oxygen atoms in total. The smallest absolute Gasteiger partial charge is 0.319 e. The van der Waals surface area contributed by atoms with Crippen LogP contribution in [0.1, 0.15) is 19.3 Å². The summed E-state index contributed by atoms with van der Waals surface area (Å²) < 4.78 is 52.6. The van der Waals surface area contributed by atoms with Crippen LogP contribution in [0.4, 0.5) is 19.0 Å². The van der Waals surface area contributed by atoms with E-state index in [0.717, 1.165) is 19.4 Å². The molecule has 3 aliphatic heterocycles. The van der Waals surface area contributed by atoms with Gasteiger partial charge in [-0.15, -0.1) is 0 Å². The lowest BCUT2D eigenvalue weighted by atomic mass is 9.95. The number of amides is 1. The molecule has 4 heterocycles. The van der Waals surface area contributed by atoms with E-state index < -0.39 is 29.4 Å². The van der Waals surface area contributed by atoms with Crippen LogP contribution in [-0.4, -0.2) is 94.4 Å². The molecular weight excluding hydrogens is 609 g/mol. The molecule has 0 aliphatic carbocycles. The molecule has 0 radical (unpaired) electrons. The summed E-state index contributed by atoms with van der Waals surface area (Å²) in [7, 11) is 0. The van der Waals surface area contributed by atoms with Gasteiger partial charge in [-0.1, -0.05) is 24.8 Å². The lowest BCUT2D eigenvalue weighted by Gasteiger charge is -2.39. The molecule has 12 heteroatoms. The van der Waals surface area contributed by atoms with Crippen LogP contribution in [0.25, 0.3) is 37.6 Å². The molecule has 1 N–H and O–H groups in total. The van der Waals surface area contributed by atoms with Crippen LogP contribution in [-0.2, 0) is 4.79 Å². The van der Waals surface area contributed by atoms with Gasteiger partial charge in [-0.2, -0.15) is 9.97 Å². The van der Waals surface area contributed by atoms with Crippen molar-refractivity contribution in [3.8, 4) is 22.9 Å². The molecule has 3 aliphatic rings. The number of aromatic nitrogens is 2. The van der Waals surface area contributed by atoms with Crippen LogP contribution in [0, 0.1) is 18.2 Å². The number of nitrogens with zero attached hydrogens (tertiary/aromatic N) is 6. The summed E-state index contributed by atoms with van der Waals surface area (Å²) in [6.45, 7) is 13.2. The van der Waals surface area contributed by atoms with Gasteiger partial charge in [0.1, 0.15) is 41.7 Å². The monoisotopic (exact) mass is 642 g/mol. The zero-order chi connectivity index (χ0) is 32.9. The Kier molecular flexibility index (Phi) is 7.88. The number of carbonyl (C=O) groups is 1. The maximum atomic E-state index is 16.8. The molecule has 0 unspecified atom stereocenters. The average Bonchev–Trinajstić information content (AvgIpc) is 3.59. The Hall–Kier alpha value is -4.89. The highest BCUT2D eigenvalue weighted by atomic mass is 19.1. The highest BCUT2D eigenvalue weighted by molar-refractivity contribution is 6.01. The summed E-state index contributed by atoms with van der Waals surface area (Å²) in [5, 5.41) is 11.4. The van der Waals surface area contributed by atoms with Gasteiger partial charge in [0.15, 0.2) is 5.82 Å². The maximum absolute atomic E-state index is 16.8. The summed E-state index contributed by atoms with van der Waals surface area (Å²) in [5.74, 6) is -1.39. The van der Waals surface area contributed by atoms with E-state index in [-0.39, 0.29) is 65.9 Å². The Balaban J connectivity index is 1.35. The molecule has 4 aromatic rings. The highest BCUT2D eigenvalue weighted by Gasteiger charge is 2.49. The van der Waals surface area contributed by atoms with E-state index in [0.29, 0.717) is 36.1 Å². The van der Waals surface area contributed by atoms with Gasteiger partial charge in [-0.3, -0.25) is 9.69 Å². The topological polar surface area (TPSA) is 86.4 Å². The third kappa shape index (κ3) is 5.38. The summed E-state index contributed by atoms with van der Waals surface area (Å²) in [6, 6.07) is 9.78. The molecule has 0 saturated carbocycles. The molecule has 3 atom stereocenters. The number of piperazine rings is 1. The Morgan fingerprint density at radius 1 is 1.15 bits per heavy atom. The van der Waals surface area contributed by atoms with E-state index >= 15 is 8.78 Å². The Morgan fingerprint density at radius 3 is 2.81 bits per heavy atom. The van der Waals surface area contributed by atoms with E-state index in [1.807, 2.05) is 4.90 Å². The molecule has 0 bridgehead atoms. The number of alkyl halides is 1. The molecule has 3 aromatic carbocycles. The average molecular weight is 643 g/mol. The second-order valence-corrected chi connectivity index (χ2v) is 12.5. The first-order valence-corrected chi connectivity index (χ1v) is 15.7. The van der Waals surface area contributed by atoms with Crippen LogP contribution < -0.4 is 9.64 Å². The largest absolute Gasteiger partial charge is 0.508 e. The minimum Gasteiger partial charge on any atom is -0.508 e. The standard InChI is InChI=1S/C35H33F3N6O3/c1-3-29(46)44-13-12-42(19-23(44)17-39-2)33-26-9-8-25(27-15-24(45)14-21-6-4-7-28(37)30(21)27)31(38)32(26)40-34(41-33)47-20-35-10-5-11-43(35)18-22(36)16-35/h3-4,6-9,14-15,22-23,45H,1,5,10-13,16-20H2/t22-,23+,35+/m1/s1. The lowest BCUT2D eigenvalue weighted by molar-refractivity contribution is -0.128. The van der Waals surface area contributed by atoms with Crippen LogP contribution in [0.5, 0.6) is 11.8 Å². The van der Waals surface area contributed by atoms with E-state index in [9.17, 15) is 14.3 Å². The van der Waals surface area contributed by atoms with Crippen LogP contribution in [0.3, 0.4) is 0 Å². The molecule has 3 fully saturated rings. The van der Waals surface area contributed by atoms with E-state index in [2.05, 4.69) is 21.3 Å². The predicted octanol–water partition coefficient (Wildman–Crippen LogP) is 5.51. The van der Waals surface area contributed by atoms with Gasteiger partial charge in [-0.25, -0.2) is 19.7 Å². The summed E-state index contributed by atoms with van der Waals surface area (Å²) in [6.07, 6.45) is 2.28. The minimum atomic E-state index is -0.960. The molecule has 242 valence electrons. The van der Waals surface area contributed by atoms with E-state index in [4.69, 9.17) is 16.3 Å². The second-order valence-electron chi connectivity index (χ2n) is 12.5. The third-order valence-corrected chi connectivity index (χ3v) is 9.74. The van der Waals surface area contributed by atoms with Gasteiger partial charge in [0.2, 0.25) is 12.5 Å². The first-order valence-electron chi connectivity index (χ1n) is 15.7. The number of rotatable bonds is 7. The van der Waals surface area contributed by atoms with Gasteiger partial charge >= 0.3 is 6.01 Å². The molecule has 1 aromatic heterocycles. The first-order chi connectivity index (χ1) is 22.7. The molecule has 47 heavy (non-hydrogen) atoms. The van der Waals surface area contributed by atoms with Crippen molar-refractivity contribution in [2.75, 3.05) is 50.8 Å². The van der Waals surface area contributed by atoms with Gasteiger partial charge in [0.05, 0.1) is 5.54 Å². The number of phenols is 1. The van der Waals surface area contributed by atoms with E-state index in [1.54, 1.807) is 17.0 Å². The van der Waals surface area contributed by atoms with E-state index in [1.165, 1.54) is 36.4 Å². The van der Waals surface area contributed by atoms with Crippen LogP contribution in [0.15, 0.2) is 55.1 Å². The van der Waals surface area contributed by atoms with Crippen molar-refractivity contribution in [2.45, 2.75) is 37.0 Å². The number of phenolic OH excluding ortho intramolecular Hbond substituents is 1. The molecule has 1 amide bonds. The number of anilines is 1. The van der Waals surface area contributed by atoms with Gasteiger partial charge in [-0.05, 0) is 60.7 Å². The fraction of sp³-hybridized carbons (Fsp3) is 0.371. The molecule has 3 saturated heterocycles. The Labute approximate surface area is 269 Å². The third-order valence-electron chi connectivity index (χ3n) is 9.74. The Bertz CT molecular complexity index is 1950. The number of fused-ring (bicyclic) bond motifs is 3. The number of benzene rings is 3. The summed E-state index contributed by atoms with van der Waals surface area (Å²) in [5.41, 5.74) is -0.372. The zero-order valence-electron chi connectivity index (χ0n) is 25.6. The zero-order valence-corrected chi connectivity index (χ0v) is 25.6. The highest BCUT2D eigenvalue weighted by Crippen LogP contribution is 2.42. The van der Waals surface area contributed by atoms with Gasteiger partial charge in [0, 0.05) is 48.9 Å². The minimum absolute atomic E-state index is 0.0306. The number of aromatic hydroxyl groups is 1. The number of carbonyl (C=O) groups excluding carboxylic acids is 1. The summed E-state index contributed by atoms with van der Waals surface area (Å²) in [4.78, 5) is 30.9. The van der Waals surface area contributed by atoms with Gasteiger partial charge < -0.3 is 24.5 Å². The molecular formula is C35H33F3N6O3. The van der Waals surface area contributed by atoms with Gasteiger partial charge in [0.25, 0.3) is 0 Å². The fourth-order valence-electron chi connectivity index (χ4n) is 7.58. The van der Waals surface area contributed by atoms with Crippen molar-refractivity contribution in [3.05, 3.63) is 78.2 Å². The first kappa shape index (κ1) is 30.7. The van der Waals surface area contributed by atoms with Crippen molar-refractivity contribution >= 4 is 33.4 Å². The summed E-state index contributed by atoms with van der Waals surface area (Å²) >= 11 is 0. The SMILES string of the molecule is [C-]#[N+]C[C@H]1CN(c2nc(OC[C@@]34CCCN3C[C@H](F)C4)nc3c(F)c(-c4cc(O)cc5cccc(F)c45)ccc23)CCN1C(=O)C=C. The van der Waals surface area contributed by atoms with Crippen LogP contribution in [0.2, 0.25) is 0 Å². The quantitative estimate of drug-likeness (QED) is 0.210. The number of hydrogen-bond donors (Lipinski definition) is 1.